The zero-order chi connectivity index (χ0) is 17.2. The minimum absolute atomic E-state index is 0.309. The first-order chi connectivity index (χ1) is 12.2. The van der Waals surface area contributed by atoms with E-state index in [-0.39, 0.29) is 6.04 Å². The molecule has 7 heteroatoms. The Hall–Kier alpha value is -3.35. The van der Waals surface area contributed by atoms with Crippen LogP contribution in [-0.2, 0) is 0 Å². The number of benzene rings is 2. The molecule has 0 amide bonds. The summed E-state index contributed by atoms with van der Waals surface area (Å²) < 4.78 is 5.77. The van der Waals surface area contributed by atoms with Crippen LogP contribution in [0.5, 0.6) is 0 Å². The Morgan fingerprint density at radius 2 is 1.64 bits per heavy atom. The molecule has 0 aliphatic rings. The lowest BCUT2D eigenvalue weighted by Gasteiger charge is -2.03. The molecule has 0 N–H and O–H groups in total. The largest absolute Gasteiger partial charge is 0.418 e. The first-order valence-corrected chi connectivity index (χ1v) is 7.96. The van der Waals surface area contributed by atoms with E-state index in [1.165, 1.54) is 10.4 Å². The van der Waals surface area contributed by atoms with Crippen molar-refractivity contribution < 1.29 is 4.42 Å². The Labute approximate surface area is 144 Å². The lowest BCUT2D eigenvalue weighted by molar-refractivity contribution is 0.382. The average molecular weight is 332 g/mol. The smallest absolute Gasteiger partial charge is 0.247 e. The Morgan fingerprint density at radius 3 is 2.40 bits per heavy atom. The molecule has 2 heterocycles. The summed E-state index contributed by atoms with van der Waals surface area (Å²) in [6, 6.07) is 17.3. The fraction of sp³-hybridized carbons (Fsp3) is 0.167. The third kappa shape index (κ3) is 3.03. The lowest BCUT2D eigenvalue weighted by Crippen LogP contribution is -2.11. The summed E-state index contributed by atoms with van der Waals surface area (Å²) in [5.41, 5.74) is 2.98. The highest BCUT2D eigenvalue weighted by Gasteiger charge is 2.19. The number of nitrogens with zero attached hydrogens (tertiary/aromatic N) is 6. The molecule has 0 saturated heterocycles. The predicted molar refractivity (Wildman–Crippen MR) is 91.5 cm³/mol. The Morgan fingerprint density at radius 1 is 0.880 bits per heavy atom. The van der Waals surface area contributed by atoms with Crippen molar-refractivity contribution in [3.63, 3.8) is 0 Å². The third-order valence-electron chi connectivity index (χ3n) is 3.90. The SMILES string of the molecule is Cc1ccc(-c2nnn([C@H](C)c3nnc(-c4ccccc4)o3)n2)cc1. The second kappa shape index (κ2) is 6.27. The molecule has 4 rings (SSSR count). The fourth-order valence-corrected chi connectivity index (χ4v) is 2.41. The van der Waals surface area contributed by atoms with Crippen LogP contribution in [0.25, 0.3) is 22.8 Å². The topological polar surface area (TPSA) is 82.5 Å². The van der Waals surface area contributed by atoms with Gasteiger partial charge < -0.3 is 4.42 Å². The molecule has 1 atom stereocenters. The summed E-state index contributed by atoms with van der Waals surface area (Å²) in [5.74, 6) is 1.47. The van der Waals surface area contributed by atoms with E-state index in [1.807, 2.05) is 68.4 Å². The molecule has 4 aromatic rings. The molecule has 0 spiro atoms. The van der Waals surface area contributed by atoms with E-state index in [9.17, 15) is 0 Å². The van der Waals surface area contributed by atoms with Gasteiger partial charge in [0, 0.05) is 11.1 Å². The molecule has 0 bridgehead atoms. The number of hydrogen-bond donors (Lipinski definition) is 0. The number of aryl methyl sites for hydroxylation is 1. The van der Waals surface area contributed by atoms with Gasteiger partial charge in [0.25, 0.3) is 0 Å². The second-order valence-corrected chi connectivity index (χ2v) is 5.79. The molecule has 0 fully saturated rings. The molecule has 0 saturated carbocycles. The summed E-state index contributed by atoms with van der Waals surface area (Å²) >= 11 is 0. The van der Waals surface area contributed by atoms with E-state index in [1.54, 1.807) is 0 Å². The van der Waals surface area contributed by atoms with Gasteiger partial charge in [-0.15, -0.1) is 20.4 Å². The lowest BCUT2D eigenvalue weighted by atomic mass is 10.1. The van der Waals surface area contributed by atoms with Crippen LogP contribution < -0.4 is 0 Å². The average Bonchev–Trinajstić information content (AvgIpc) is 3.33. The molecule has 124 valence electrons. The van der Waals surface area contributed by atoms with E-state index in [4.69, 9.17) is 4.42 Å². The van der Waals surface area contributed by atoms with Gasteiger partial charge in [-0.2, -0.15) is 4.80 Å². The minimum Gasteiger partial charge on any atom is -0.418 e. The van der Waals surface area contributed by atoms with Crippen molar-refractivity contribution in [2.45, 2.75) is 19.9 Å². The molecular formula is C18H16N6O. The van der Waals surface area contributed by atoms with E-state index in [0.29, 0.717) is 17.6 Å². The molecule has 25 heavy (non-hydrogen) atoms. The van der Waals surface area contributed by atoms with Crippen molar-refractivity contribution in [3.8, 4) is 22.8 Å². The Bertz CT molecular complexity index is 974. The Kier molecular flexibility index (Phi) is 3.81. The van der Waals surface area contributed by atoms with Crippen LogP contribution in [0.15, 0.2) is 59.0 Å². The predicted octanol–water partition coefficient (Wildman–Crippen LogP) is 3.31. The van der Waals surface area contributed by atoms with Gasteiger partial charge in [0.05, 0.1) is 0 Å². The van der Waals surface area contributed by atoms with Crippen molar-refractivity contribution >= 4 is 0 Å². The quantitative estimate of drug-likeness (QED) is 0.570. The van der Waals surface area contributed by atoms with Crippen molar-refractivity contribution in [2.24, 2.45) is 0 Å². The molecule has 0 radical (unpaired) electrons. The van der Waals surface area contributed by atoms with Crippen molar-refractivity contribution in [1.82, 2.24) is 30.4 Å². The number of aromatic nitrogens is 6. The summed E-state index contributed by atoms with van der Waals surface area (Å²) in [6.45, 7) is 3.93. The first kappa shape index (κ1) is 15.2. The van der Waals surface area contributed by atoms with Gasteiger partial charge in [0.2, 0.25) is 17.6 Å². The molecule has 0 aliphatic heterocycles. The maximum absolute atomic E-state index is 5.77. The standard InChI is InChI=1S/C18H16N6O/c1-12-8-10-14(11-9-12)16-19-23-24(22-16)13(2)17-20-21-18(25-17)15-6-4-3-5-7-15/h3-11,13H,1-2H3/t13-/m1/s1. The first-order valence-electron chi connectivity index (χ1n) is 7.96. The van der Waals surface area contributed by atoms with Crippen LogP contribution in [0.3, 0.4) is 0 Å². The summed E-state index contributed by atoms with van der Waals surface area (Å²) in [4.78, 5) is 1.48. The highest BCUT2D eigenvalue weighted by atomic mass is 16.4. The monoisotopic (exact) mass is 332 g/mol. The highest BCUT2D eigenvalue weighted by Crippen LogP contribution is 2.22. The van der Waals surface area contributed by atoms with E-state index in [2.05, 4.69) is 25.6 Å². The second-order valence-electron chi connectivity index (χ2n) is 5.79. The zero-order valence-corrected chi connectivity index (χ0v) is 13.9. The number of rotatable bonds is 4. The van der Waals surface area contributed by atoms with Gasteiger partial charge >= 0.3 is 0 Å². The third-order valence-corrected chi connectivity index (χ3v) is 3.90. The van der Waals surface area contributed by atoms with Crippen molar-refractivity contribution in [2.75, 3.05) is 0 Å². The van der Waals surface area contributed by atoms with Crippen LogP contribution in [-0.4, -0.2) is 30.4 Å². The van der Waals surface area contributed by atoms with E-state index >= 15 is 0 Å². The summed E-state index contributed by atoms with van der Waals surface area (Å²) in [6.07, 6.45) is 0. The molecular weight excluding hydrogens is 316 g/mol. The van der Waals surface area contributed by atoms with Crippen molar-refractivity contribution in [3.05, 3.63) is 66.1 Å². The van der Waals surface area contributed by atoms with E-state index in [0.717, 1.165) is 11.1 Å². The van der Waals surface area contributed by atoms with Crippen LogP contribution in [0.2, 0.25) is 0 Å². The molecule has 0 unspecified atom stereocenters. The summed E-state index contributed by atoms with van der Waals surface area (Å²) in [7, 11) is 0. The van der Waals surface area contributed by atoms with Gasteiger partial charge in [-0.05, 0) is 31.2 Å². The van der Waals surface area contributed by atoms with Crippen LogP contribution in [0, 0.1) is 6.92 Å². The van der Waals surface area contributed by atoms with Gasteiger partial charge in [-0.25, -0.2) is 0 Å². The van der Waals surface area contributed by atoms with Gasteiger partial charge in [-0.3, -0.25) is 0 Å². The normalized spacial score (nSPS) is 12.2. The number of hydrogen-bond acceptors (Lipinski definition) is 6. The van der Waals surface area contributed by atoms with E-state index < -0.39 is 0 Å². The summed E-state index contributed by atoms with van der Waals surface area (Å²) in [5, 5.41) is 20.9. The van der Waals surface area contributed by atoms with Crippen LogP contribution in [0.4, 0.5) is 0 Å². The van der Waals surface area contributed by atoms with Gasteiger partial charge in [-0.1, -0.05) is 48.0 Å². The maximum atomic E-state index is 5.77. The molecule has 2 aromatic carbocycles. The minimum atomic E-state index is -0.309. The molecule has 7 nitrogen and oxygen atoms in total. The molecule has 0 aliphatic carbocycles. The van der Waals surface area contributed by atoms with Gasteiger partial charge in [0.1, 0.15) is 6.04 Å². The molecule has 2 aromatic heterocycles. The highest BCUT2D eigenvalue weighted by molar-refractivity contribution is 5.54. The van der Waals surface area contributed by atoms with Crippen LogP contribution in [0.1, 0.15) is 24.4 Å². The number of tetrazole rings is 1. The Balaban J connectivity index is 1.58. The van der Waals surface area contributed by atoms with Crippen molar-refractivity contribution in [1.29, 1.82) is 0 Å². The fourth-order valence-electron chi connectivity index (χ4n) is 2.41. The van der Waals surface area contributed by atoms with Gasteiger partial charge in [0.15, 0.2) is 0 Å². The maximum Gasteiger partial charge on any atom is 0.247 e. The zero-order valence-electron chi connectivity index (χ0n) is 13.9. The van der Waals surface area contributed by atoms with Crippen LogP contribution >= 0.6 is 0 Å².